The van der Waals surface area contributed by atoms with Crippen LogP contribution >= 0.6 is 27.5 Å². The highest BCUT2D eigenvalue weighted by atomic mass is 79.9. The van der Waals surface area contributed by atoms with Gasteiger partial charge in [0, 0.05) is 18.2 Å². The summed E-state index contributed by atoms with van der Waals surface area (Å²) in [6, 6.07) is 3.92. The van der Waals surface area contributed by atoms with E-state index < -0.39 is 11.9 Å². The van der Waals surface area contributed by atoms with Crippen molar-refractivity contribution in [2.45, 2.75) is 44.6 Å². The van der Waals surface area contributed by atoms with Gasteiger partial charge in [0.25, 0.3) is 0 Å². The first-order valence-corrected chi connectivity index (χ1v) is 9.67. The van der Waals surface area contributed by atoms with Gasteiger partial charge in [0.15, 0.2) is 12.1 Å². The molecule has 1 aromatic heterocycles. The van der Waals surface area contributed by atoms with Crippen molar-refractivity contribution in [2.75, 3.05) is 13.2 Å². The summed E-state index contributed by atoms with van der Waals surface area (Å²) in [7, 11) is 0. The van der Waals surface area contributed by atoms with Gasteiger partial charge in [-0.3, -0.25) is 0 Å². The number of aliphatic hydroxyl groups is 1. The number of rotatable bonds is 7. The Labute approximate surface area is 164 Å². The molecule has 9 heteroatoms. The predicted octanol–water partition coefficient (Wildman–Crippen LogP) is 3.85. The molecule has 2 atom stereocenters. The monoisotopic (exact) mass is 447 g/mol. The van der Waals surface area contributed by atoms with Crippen molar-refractivity contribution in [1.29, 1.82) is 0 Å². The maximum absolute atomic E-state index is 13.6. The molecule has 26 heavy (non-hydrogen) atoms. The average Bonchev–Trinajstić information content (AvgIpc) is 2.99. The Hall–Kier alpha value is -1.06. The number of halogens is 3. The number of nitrogens with zero attached hydrogens (tertiary/aromatic N) is 3. The molecule has 142 valence electrons. The van der Waals surface area contributed by atoms with E-state index in [4.69, 9.17) is 21.1 Å². The molecule has 0 amide bonds. The molecule has 1 aliphatic rings. The van der Waals surface area contributed by atoms with Crippen LogP contribution in [0.25, 0.3) is 0 Å². The lowest BCUT2D eigenvalue weighted by Crippen LogP contribution is -2.23. The molecule has 2 heterocycles. The Morgan fingerprint density at radius 1 is 1.42 bits per heavy atom. The number of aryl methyl sites for hydroxylation is 1. The third-order valence-corrected chi connectivity index (χ3v) is 4.63. The molecule has 1 aromatic carbocycles. The molecule has 2 unspecified atom stereocenters. The van der Waals surface area contributed by atoms with E-state index in [-0.39, 0.29) is 11.3 Å². The van der Waals surface area contributed by atoms with Gasteiger partial charge in [-0.25, -0.2) is 14.1 Å². The van der Waals surface area contributed by atoms with Gasteiger partial charge in [0.2, 0.25) is 4.73 Å². The Balaban J connectivity index is 1.61. The molecule has 6 nitrogen and oxygen atoms in total. The predicted molar refractivity (Wildman–Crippen MR) is 97.4 cm³/mol. The number of benzene rings is 1. The highest BCUT2D eigenvalue weighted by molar-refractivity contribution is 9.10. The van der Waals surface area contributed by atoms with Crippen molar-refractivity contribution in [3.63, 3.8) is 0 Å². The first-order valence-electron chi connectivity index (χ1n) is 8.50. The van der Waals surface area contributed by atoms with E-state index >= 15 is 0 Å². The Morgan fingerprint density at radius 2 is 2.27 bits per heavy atom. The summed E-state index contributed by atoms with van der Waals surface area (Å²) in [5, 5.41) is 15.0. The summed E-state index contributed by atoms with van der Waals surface area (Å²) in [6.07, 6.45) is 2.53. The molecule has 0 aliphatic carbocycles. The van der Waals surface area contributed by atoms with Crippen LogP contribution in [0.5, 0.6) is 0 Å². The quantitative estimate of drug-likeness (QED) is 0.652. The van der Waals surface area contributed by atoms with Gasteiger partial charge in [-0.15, -0.1) is 5.10 Å². The zero-order valence-corrected chi connectivity index (χ0v) is 16.4. The van der Waals surface area contributed by atoms with Crippen molar-refractivity contribution in [3.05, 3.63) is 45.2 Å². The van der Waals surface area contributed by atoms with Crippen LogP contribution in [0.2, 0.25) is 5.02 Å². The lowest BCUT2D eigenvalue weighted by atomic mass is 10.1. The van der Waals surface area contributed by atoms with E-state index in [1.807, 2.05) is 0 Å². The summed E-state index contributed by atoms with van der Waals surface area (Å²) in [5.74, 6) is -0.204. The first-order chi connectivity index (χ1) is 12.5. The Kier molecular flexibility index (Phi) is 6.99. The zero-order chi connectivity index (χ0) is 18.5. The van der Waals surface area contributed by atoms with E-state index in [9.17, 15) is 9.50 Å². The van der Waals surface area contributed by atoms with Gasteiger partial charge in [0.1, 0.15) is 11.9 Å². The van der Waals surface area contributed by atoms with Gasteiger partial charge in [-0.2, -0.15) is 0 Å². The van der Waals surface area contributed by atoms with E-state index in [2.05, 4.69) is 26.0 Å². The molecule has 1 N–H and O–H groups in total. The summed E-state index contributed by atoms with van der Waals surface area (Å²) >= 11 is 9.09. The first kappa shape index (κ1) is 19.7. The van der Waals surface area contributed by atoms with Crippen LogP contribution in [-0.4, -0.2) is 39.4 Å². The van der Waals surface area contributed by atoms with Gasteiger partial charge in [-0.1, -0.05) is 11.6 Å². The molecular formula is C17H20BrClFN3O3. The number of aromatic nitrogens is 3. The third kappa shape index (κ3) is 5.23. The second kappa shape index (κ2) is 9.23. The lowest BCUT2D eigenvalue weighted by molar-refractivity contribution is -0.163. The highest BCUT2D eigenvalue weighted by Crippen LogP contribution is 2.25. The molecule has 0 spiro atoms. The van der Waals surface area contributed by atoms with E-state index in [1.165, 1.54) is 18.2 Å². The largest absolute Gasteiger partial charge is 0.380 e. The number of aliphatic hydroxyl groups excluding tert-OH is 1. The van der Waals surface area contributed by atoms with Crippen molar-refractivity contribution in [3.8, 4) is 0 Å². The molecule has 2 aromatic rings. The maximum Gasteiger partial charge on any atom is 0.217 e. The van der Waals surface area contributed by atoms with Crippen LogP contribution in [0.3, 0.4) is 0 Å². The van der Waals surface area contributed by atoms with E-state index in [1.54, 1.807) is 4.68 Å². The van der Waals surface area contributed by atoms with Crippen LogP contribution in [0.15, 0.2) is 22.9 Å². The van der Waals surface area contributed by atoms with Crippen LogP contribution in [-0.2, 0) is 16.0 Å². The van der Waals surface area contributed by atoms with Crippen molar-refractivity contribution in [2.24, 2.45) is 0 Å². The summed E-state index contributed by atoms with van der Waals surface area (Å²) < 4.78 is 26.7. The Bertz CT molecular complexity index is 720. The van der Waals surface area contributed by atoms with Crippen LogP contribution < -0.4 is 0 Å². The molecule has 1 aliphatic heterocycles. The minimum atomic E-state index is -1.13. The van der Waals surface area contributed by atoms with Gasteiger partial charge >= 0.3 is 0 Å². The average molecular weight is 449 g/mol. The minimum absolute atomic E-state index is 0.134. The number of ether oxygens (including phenoxy) is 2. The molecular weight excluding hydrogens is 429 g/mol. The smallest absolute Gasteiger partial charge is 0.217 e. The highest BCUT2D eigenvalue weighted by Gasteiger charge is 2.20. The van der Waals surface area contributed by atoms with Crippen LogP contribution in [0.4, 0.5) is 4.39 Å². The maximum atomic E-state index is 13.6. The number of hydrogen-bond donors (Lipinski definition) is 1. The van der Waals surface area contributed by atoms with Gasteiger partial charge < -0.3 is 14.6 Å². The summed E-state index contributed by atoms with van der Waals surface area (Å²) in [4.78, 5) is 4.20. The summed E-state index contributed by atoms with van der Waals surface area (Å²) in [5.41, 5.74) is 0.322. The lowest BCUT2D eigenvalue weighted by Gasteiger charge is -2.22. The minimum Gasteiger partial charge on any atom is -0.380 e. The van der Waals surface area contributed by atoms with Crippen molar-refractivity contribution in [1.82, 2.24) is 14.8 Å². The second-order valence-corrected chi connectivity index (χ2v) is 7.23. The molecule has 0 radical (unpaired) electrons. The fourth-order valence-electron chi connectivity index (χ4n) is 2.85. The van der Waals surface area contributed by atoms with E-state index in [0.29, 0.717) is 35.7 Å². The third-order valence-electron chi connectivity index (χ3n) is 4.08. The van der Waals surface area contributed by atoms with E-state index in [0.717, 1.165) is 25.9 Å². The fraction of sp³-hybridized carbons (Fsp3) is 0.529. The number of hydrogen-bond acceptors (Lipinski definition) is 5. The normalized spacial score (nSPS) is 18.8. The van der Waals surface area contributed by atoms with Crippen molar-refractivity contribution < 1.29 is 19.0 Å². The molecule has 1 saturated heterocycles. The molecule has 3 rings (SSSR count). The second-order valence-electron chi connectivity index (χ2n) is 6.09. The fourth-order valence-corrected chi connectivity index (χ4v) is 3.45. The van der Waals surface area contributed by atoms with Gasteiger partial charge in [0.05, 0.1) is 6.61 Å². The standard InChI is InChI=1S/C17H20BrClFN3O3/c18-17-21-16(15(24)11-8-12(19)10-13(20)9-11)23(22-17)5-3-7-26-14-4-1-2-6-25-14/h8-10,14-15,24H,1-7H2. The molecule has 1 fully saturated rings. The van der Waals surface area contributed by atoms with Crippen molar-refractivity contribution >= 4 is 27.5 Å². The van der Waals surface area contributed by atoms with Gasteiger partial charge in [-0.05, 0) is 65.4 Å². The SMILES string of the molecule is OC(c1cc(F)cc(Cl)c1)c1nc(Br)nn1CCCOC1CCCCO1. The summed E-state index contributed by atoms with van der Waals surface area (Å²) in [6.45, 7) is 1.76. The molecule has 0 saturated carbocycles. The zero-order valence-electron chi connectivity index (χ0n) is 14.1. The molecule has 0 bridgehead atoms. The van der Waals surface area contributed by atoms with Crippen LogP contribution in [0, 0.1) is 5.82 Å². The Morgan fingerprint density at radius 3 is 3.00 bits per heavy atom. The van der Waals surface area contributed by atoms with Crippen LogP contribution in [0.1, 0.15) is 43.2 Å². The topological polar surface area (TPSA) is 69.4 Å².